The van der Waals surface area contributed by atoms with E-state index in [-0.39, 0.29) is 23.1 Å². The van der Waals surface area contributed by atoms with Gasteiger partial charge in [0.1, 0.15) is 5.75 Å². The van der Waals surface area contributed by atoms with E-state index in [9.17, 15) is 4.79 Å². The minimum absolute atomic E-state index is 0.132. The molecular formula is C22H31ClN2O2. The number of pyridine rings is 1. The second-order valence-electron chi connectivity index (χ2n) is 7.97. The van der Waals surface area contributed by atoms with Crippen LogP contribution in [0.3, 0.4) is 0 Å². The summed E-state index contributed by atoms with van der Waals surface area (Å²) in [5, 5.41) is 1.93. The second kappa shape index (κ2) is 8.66. The first-order valence-corrected chi connectivity index (χ1v) is 10.6. The molecule has 27 heavy (non-hydrogen) atoms. The number of aromatic amines is 1. The van der Waals surface area contributed by atoms with Gasteiger partial charge in [0.15, 0.2) is 0 Å². The highest BCUT2D eigenvalue weighted by Gasteiger charge is 2.39. The van der Waals surface area contributed by atoms with Gasteiger partial charge in [-0.25, -0.2) is 0 Å². The Labute approximate surface area is 166 Å². The van der Waals surface area contributed by atoms with Crippen LogP contribution < -0.4 is 16.0 Å². The van der Waals surface area contributed by atoms with Gasteiger partial charge in [-0.3, -0.25) is 4.79 Å². The van der Waals surface area contributed by atoms with Crippen LogP contribution in [0.4, 0.5) is 0 Å². The lowest BCUT2D eigenvalue weighted by Crippen LogP contribution is -2.45. The smallest absolute Gasteiger partial charge is 0.255 e. The molecule has 0 spiro atoms. The number of nitrogens with one attached hydrogen (secondary N) is 1. The minimum Gasteiger partial charge on any atom is -0.489 e. The molecule has 148 valence electrons. The Bertz CT molecular complexity index is 825. The van der Waals surface area contributed by atoms with E-state index in [1.165, 1.54) is 19.3 Å². The molecule has 0 saturated heterocycles. The predicted octanol–water partition coefficient (Wildman–Crippen LogP) is 5.42. The number of rotatable bonds is 7. The van der Waals surface area contributed by atoms with Crippen LogP contribution in [0.25, 0.3) is 10.8 Å². The third-order valence-corrected chi connectivity index (χ3v) is 6.60. The van der Waals surface area contributed by atoms with Crippen LogP contribution in [0, 0.1) is 5.41 Å². The van der Waals surface area contributed by atoms with E-state index in [1.807, 2.05) is 12.1 Å². The lowest BCUT2D eigenvalue weighted by Gasteiger charge is -2.44. The molecule has 0 amide bonds. The fourth-order valence-corrected chi connectivity index (χ4v) is 4.72. The minimum atomic E-state index is -0.132. The third-order valence-electron chi connectivity index (χ3n) is 6.30. The van der Waals surface area contributed by atoms with Crippen LogP contribution in [0.5, 0.6) is 5.75 Å². The van der Waals surface area contributed by atoms with Crippen LogP contribution in [-0.4, -0.2) is 17.1 Å². The van der Waals surface area contributed by atoms with Crippen LogP contribution in [0.1, 0.15) is 65.2 Å². The zero-order valence-corrected chi connectivity index (χ0v) is 17.1. The predicted molar refractivity (Wildman–Crippen MR) is 113 cm³/mol. The fourth-order valence-electron chi connectivity index (χ4n) is 4.51. The second-order valence-corrected chi connectivity index (χ2v) is 8.38. The van der Waals surface area contributed by atoms with Gasteiger partial charge < -0.3 is 15.5 Å². The first kappa shape index (κ1) is 20.2. The van der Waals surface area contributed by atoms with E-state index in [4.69, 9.17) is 22.1 Å². The van der Waals surface area contributed by atoms with Gasteiger partial charge in [-0.15, -0.1) is 0 Å². The van der Waals surface area contributed by atoms with Gasteiger partial charge in [0.25, 0.3) is 5.56 Å². The highest BCUT2D eigenvalue weighted by atomic mass is 35.5. The molecule has 4 nitrogen and oxygen atoms in total. The molecule has 3 rings (SSSR count). The number of hydrogen-bond acceptors (Lipinski definition) is 3. The number of fused-ring (bicyclic) bond motifs is 1. The summed E-state index contributed by atoms with van der Waals surface area (Å²) in [4.78, 5) is 14.6. The quantitative estimate of drug-likeness (QED) is 0.663. The zero-order chi connectivity index (χ0) is 19.4. The number of halogens is 1. The molecular weight excluding hydrogens is 360 g/mol. The Morgan fingerprint density at radius 2 is 2.07 bits per heavy atom. The van der Waals surface area contributed by atoms with Gasteiger partial charge in [-0.05, 0) is 67.5 Å². The standard InChI is InChI=1S/C22H31ClN2O2/c1-3-5-9-22(20(24)4-2)10-6-16(7-11-22)27-19-13-15-8-12-25-21(26)17(15)14-18(19)23/h8,12-14,16,20H,3-7,9-11,24H2,1-2H3,(H,25,26)/t16?,20-,22?/m1/s1. The molecule has 1 saturated carbocycles. The molecule has 2 aromatic rings. The van der Waals surface area contributed by atoms with Crippen LogP contribution in [0.15, 0.2) is 29.2 Å². The van der Waals surface area contributed by atoms with Crippen molar-refractivity contribution in [3.63, 3.8) is 0 Å². The van der Waals surface area contributed by atoms with Crippen LogP contribution >= 0.6 is 11.6 Å². The summed E-state index contributed by atoms with van der Waals surface area (Å²) in [5.74, 6) is 0.667. The van der Waals surface area contributed by atoms with E-state index in [0.29, 0.717) is 16.2 Å². The van der Waals surface area contributed by atoms with Crippen LogP contribution in [0.2, 0.25) is 5.02 Å². The molecule has 1 atom stereocenters. The van der Waals surface area contributed by atoms with Gasteiger partial charge in [0.05, 0.1) is 11.1 Å². The van der Waals surface area contributed by atoms with E-state index in [1.54, 1.807) is 12.3 Å². The maximum atomic E-state index is 11.9. The van der Waals surface area contributed by atoms with Crippen molar-refractivity contribution in [2.24, 2.45) is 11.1 Å². The molecule has 1 heterocycles. The number of hydrogen-bond donors (Lipinski definition) is 2. The van der Waals surface area contributed by atoms with Crippen molar-refractivity contribution in [2.75, 3.05) is 0 Å². The highest BCUT2D eigenvalue weighted by molar-refractivity contribution is 6.32. The summed E-state index contributed by atoms with van der Waals surface area (Å²) >= 11 is 6.39. The van der Waals surface area contributed by atoms with Gasteiger partial charge in [0, 0.05) is 17.6 Å². The van der Waals surface area contributed by atoms with Crippen molar-refractivity contribution in [3.8, 4) is 5.75 Å². The van der Waals surface area contributed by atoms with E-state index >= 15 is 0 Å². The number of aromatic nitrogens is 1. The molecule has 1 aromatic carbocycles. The van der Waals surface area contributed by atoms with Gasteiger partial charge in [-0.2, -0.15) is 0 Å². The van der Waals surface area contributed by atoms with E-state index in [0.717, 1.165) is 37.5 Å². The van der Waals surface area contributed by atoms with Gasteiger partial charge in [-0.1, -0.05) is 38.3 Å². The van der Waals surface area contributed by atoms with E-state index in [2.05, 4.69) is 18.8 Å². The molecule has 1 aromatic heterocycles. The molecule has 0 aliphatic heterocycles. The number of H-pyrrole nitrogens is 1. The Kier molecular flexibility index (Phi) is 6.48. The summed E-state index contributed by atoms with van der Waals surface area (Å²) in [5.41, 5.74) is 6.65. The lowest BCUT2D eigenvalue weighted by atomic mass is 9.65. The summed E-state index contributed by atoms with van der Waals surface area (Å²) in [6.07, 6.45) is 10.7. The number of benzene rings is 1. The van der Waals surface area contributed by atoms with Crippen molar-refractivity contribution in [1.82, 2.24) is 4.98 Å². The lowest BCUT2D eigenvalue weighted by molar-refractivity contribution is 0.0518. The SMILES string of the molecule is CCCCC1([C@H](N)CC)CCC(Oc2cc3cc[nH]c(=O)c3cc2Cl)CC1. The summed E-state index contributed by atoms with van der Waals surface area (Å²) in [6, 6.07) is 5.72. The summed E-state index contributed by atoms with van der Waals surface area (Å²) < 4.78 is 6.26. The maximum absolute atomic E-state index is 11.9. The summed E-state index contributed by atoms with van der Waals surface area (Å²) in [7, 11) is 0. The van der Waals surface area contributed by atoms with E-state index < -0.39 is 0 Å². The zero-order valence-electron chi connectivity index (χ0n) is 16.4. The average molecular weight is 391 g/mol. The first-order valence-electron chi connectivity index (χ1n) is 10.2. The molecule has 0 radical (unpaired) electrons. The normalized spacial score (nSPS) is 24.1. The largest absolute Gasteiger partial charge is 0.489 e. The Morgan fingerprint density at radius 3 is 2.74 bits per heavy atom. The van der Waals surface area contributed by atoms with Crippen molar-refractivity contribution < 1.29 is 4.74 Å². The van der Waals surface area contributed by atoms with Crippen molar-refractivity contribution in [1.29, 1.82) is 0 Å². The molecule has 0 bridgehead atoms. The molecule has 5 heteroatoms. The molecule has 1 aliphatic rings. The first-order chi connectivity index (χ1) is 13.0. The molecule has 3 N–H and O–H groups in total. The third kappa shape index (κ3) is 4.33. The Morgan fingerprint density at radius 1 is 1.33 bits per heavy atom. The number of ether oxygens (including phenoxy) is 1. The van der Waals surface area contributed by atoms with Gasteiger partial charge in [0.2, 0.25) is 0 Å². The van der Waals surface area contributed by atoms with Crippen molar-refractivity contribution in [2.45, 2.75) is 77.4 Å². The van der Waals surface area contributed by atoms with Crippen molar-refractivity contribution >= 4 is 22.4 Å². The molecule has 0 unspecified atom stereocenters. The molecule has 1 fully saturated rings. The fraction of sp³-hybridized carbons (Fsp3) is 0.591. The Hall–Kier alpha value is -1.52. The number of nitrogens with two attached hydrogens (primary N) is 1. The monoisotopic (exact) mass is 390 g/mol. The Balaban J connectivity index is 1.72. The maximum Gasteiger partial charge on any atom is 0.255 e. The highest BCUT2D eigenvalue weighted by Crippen LogP contribution is 2.45. The van der Waals surface area contributed by atoms with Gasteiger partial charge >= 0.3 is 0 Å². The molecule has 1 aliphatic carbocycles. The topological polar surface area (TPSA) is 68.1 Å². The number of unbranched alkanes of at least 4 members (excludes halogenated alkanes) is 1. The summed E-state index contributed by atoms with van der Waals surface area (Å²) in [6.45, 7) is 4.43. The van der Waals surface area contributed by atoms with Crippen molar-refractivity contribution in [3.05, 3.63) is 39.8 Å². The van der Waals surface area contributed by atoms with Crippen LogP contribution in [-0.2, 0) is 0 Å². The average Bonchev–Trinajstić information content (AvgIpc) is 2.68.